The number of rotatable bonds is 6. The highest BCUT2D eigenvalue weighted by Crippen LogP contribution is 2.22. The number of benzene rings is 2. The second-order valence-electron chi connectivity index (χ2n) is 7.39. The van der Waals surface area contributed by atoms with Gasteiger partial charge in [0.05, 0.1) is 6.04 Å². The van der Waals surface area contributed by atoms with Gasteiger partial charge in [0.15, 0.2) is 0 Å². The van der Waals surface area contributed by atoms with E-state index in [4.69, 9.17) is 11.6 Å². The van der Waals surface area contributed by atoms with Crippen molar-refractivity contribution in [3.8, 4) is 0 Å². The monoisotopic (exact) mass is 432 g/mol. The summed E-state index contributed by atoms with van der Waals surface area (Å²) in [6.07, 6.45) is 0. The maximum atomic E-state index is 13.4. The Bertz CT molecular complexity index is 870. The van der Waals surface area contributed by atoms with E-state index in [-0.39, 0.29) is 24.9 Å². The molecule has 3 rings (SSSR count). The summed E-state index contributed by atoms with van der Waals surface area (Å²) in [6, 6.07) is 13.3. The molecule has 0 aliphatic carbocycles. The van der Waals surface area contributed by atoms with Crippen LogP contribution in [0.4, 0.5) is 4.39 Å². The molecule has 2 aromatic carbocycles. The number of carbonyl (C=O) groups excluding carboxylic acids is 2. The van der Waals surface area contributed by atoms with Crippen LogP contribution in [0.5, 0.6) is 0 Å². The highest BCUT2D eigenvalue weighted by Gasteiger charge is 2.25. The van der Waals surface area contributed by atoms with Crippen LogP contribution >= 0.6 is 11.6 Å². The summed E-state index contributed by atoms with van der Waals surface area (Å²) in [5.41, 5.74) is 1.64. The number of nitrogens with one attached hydrogen (secondary N) is 2. The molecule has 0 aromatic heterocycles. The number of amides is 2. The molecule has 1 aliphatic rings. The lowest BCUT2D eigenvalue weighted by atomic mass is 10.0. The summed E-state index contributed by atoms with van der Waals surface area (Å²) in [5.74, 6) is -1.73. The first-order valence-electron chi connectivity index (χ1n) is 9.91. The van der Waals surface area contributed by atoms with Gasteiger partial charge in [-0.15, -0.1) is 0 Å². The fraction of sp³-hybridized carbons (Fsp3) is 0.364. The summed E-state index contributed by atoms with van der Waals surface area (Å²) in [6.45, 7) is 3.90. The topological polar surface area (TPSA) is 64.7 Å². The third-order valence-electron chi connectivity index (χ3n) is 5.29. The molecular formula is C22H26ClFN4O2. The lowest BCUT2D eigenvalue weighted by Crippen LogP contribution is -2.49. The maximum absolute atomic E-state index is 13.4. The largest absolute Gasteiger partial charge is 0.346 e. The van der Waals surface area contributed by atoms with E-state index in [1.165, 1.54) is 12.1 Å². The van der Waals surface area contributed by atoms with E-state index in [9.17, 15) is 14.0 Å². The second-order valence-corrected chi connectivity index (χ2v) is 7.80. The molecule has 30 heavy (non-hydrogen) atoms. The van der Waals surface area contributed by atoms with Crippen LogP contribution < -0.4 is 10.6 Å². The van der Waals surface area contributed by atoms with E-state index >= 15 is 0 Å². The van der Waals surface area contributed by atoms with Crippen molar-refractivity contribution in [2.45, 2.75) is 12.6 Å². The van der Waals surface area contributed by atoms with Crippen LogP contribution in [-0.4, -0.2) is 61.4 Å². The molecule has 0 radical (unpaired) electrons. The van der Waals surface area contributed by atoms with E-state index in [0.717, 1.165) is 37.3 Å². The summed E-state index contributed by atoms with van der Waals surface area (Å²) in [5, 5.41) is 5.84. The highest BCUT2D eigenvalue weighted by atomic mass is 35.5. The van der Waals surface area contributed by atoms with Gasteiger partial charge in [-0.2, -0.15) is 0 Å². The molecule has 0 bridgehead atoms. The van der Waals surface area contributed by atoms with Gasteiger partial charge < -0.3 is 15.5 Å². The average molecular weight is 433 g/mol. The molecule has 0 unspecified atom stereocenters. The molecule has 1 saturated heterocycles. The van der Waals surface area contributed by atoms with Gasteiger partial charge in [0.1, 0.15) is 5.82 Å². The van der Waals surface area contributed by atoms with Crippen LogP contribution in [0.3, 0.4) is 0 Å². The van der Waals surface area contributed by atoms with Gasteiger partial charge in [-0.3, -0.25) is 14.5 Å². The molecule has 0 spiro atoms. The standard InChI is InChI=1S/C22H26ClFN4O2/c1-27-10-12-28(13-11-27)20(16-6-8-18(24)9-7-16)15-26-22(30)21(29)25-14-17-4-2-3-5-19(17)23/h2-9,20H,10-15H2,1H3,(H,25,29)(H,26,30)/t20-/m0/s1. The molecule has 1 atom stereocenters. The van der Waals surface area contributed by atoms with Crippen LogP contribution in [0.1, 0.15) is 17.2 Å². The van der Waals surface area contributed by atoms with Gasteiger partial charge in [0.2, 0.25) is 0 Å². The number of piperazine rings is 1. The van der Waals surface area contributed by atoms with Gasteiger partial charge in [0.25, 0.3) is 0 Å². The Kier molecular flexibility index (Phi) is 7.79. The number of likely N-dealkylation sites (N-methyl/N-ethyl adjacent to an activating group) is 1. The zero-order valence-electron chi connectivity index (χ0n) is 16.9. The van der Waals surface area contributed by atoms with Crippen molar-refractivity contribution in [2.75, 3.05) is 39.8 Å². The number of carbonyl (C=O) groups is 2. The third kappa shape index (κ3) is 6.01. The molecule has 160 valence electrons. The molecule has 1 aliphatic heterocycles. The Balaban J connectivity index is 1.59. The molecule has 6 nitrogen and oxygen atoms in total. The van der Waals surface area contributed by atoms with Gasteiger partial charge in [-0.05, 0) is 36.4 Å². The fourth-order valence-corrected chi connectivity index (χ4v) is 3.65. The fourth-order valence-electron chi connectivity index (χ4n) is 3.44. The van der Waals surface area contributed by atoms with E-state index < -0.39 is 11.8 Å². The Hall–Kier alpha value is -2.48. The SMILES string of the molecule is CN1CCN([C@@H](CNC(=O)C(=O)NCc2ccccc2Cl)c2ccc(F)cc2)CC1. The molecule has 1 fully saturated rings. The first kappa shape index (κ1) is 22.2. The van der Waals surface area contributed by atoms with Gasteiger partial charge >= 0.3 is 11.8 Å². The molecule has 2 amide bonds. The number of hydrogen-bond acceptors (Lipinski definition) is 4. The van der Waals surface area contributed by atoms with Crippen molar-refractivity contribution < 1.29 is 14.0 Å². The van der Waals surface area contributed by atoms with Crippen molar-refractivity contribution in [2.24, 2.45) is 0 Å². The van der Waals surface area contributed by atoms with Gasteiger partial charge in [-0.1, -0.05) is 41.9 Å². The molecule has 0 saturated carbocycles. The first-order valence-corrected chi connectivity index (χ1v) is 10.3. The van der Waals surface area contributed by atoms with E-state index in [1.54, 1.807) is 30.3 Å². The maximum Gasteiger partial charge on any atom is 0.309 e. The predicted octanol–water partition coefficient (Wildman–Crippen LogP) is 2.20. The van der Waals surface area contributed by atoms with Crippen molar-refractivity contribution in [3.05, 3.63) is 70.5 Å². The van der Waals surface area contributed by atoms with Crippen LogP contribution in [-0.2, 0) is 16.1 Å². The third-order valence-corrected chi connectivity index (χ3v) is 5.66. The van der Waals surface area contributed by atoms with E-state index in [2.05, 4.69) is 27.5 Å². The second kappa shape index (κ2) is 10.5. The Morgan fingerprint density at radius 2 is 1.63 bits per heavy atom. The number of hydrogen-bond donors (Lipinski definition) is 2. The van der Waals surface area contributed by atoms with E-state index in [1.807, 2.05) is 6.07 Å². The predicted molar refractivity (Wildman–Crippen MR) is 115 cm³/mol. The molecule has 2 N–H and O–H groups in total. The van der Waals surface area contributed by atoms with Crippen LogP contribution in [0.25, 0.3) is 0 Å². The Morgan fingerprint density at radius 1 is 1.00 bits per heavy atom. The van der Waals surface area contributed by atoms with E-state index in [0.29, 0.717) is 5.02 Å². The normalized spacial score (nSPS) is 16.1. The van der Waals surface area contributed by atoms with Crippen molar-refractivity contribution in [1.82, 2.24) is 20.4 Å². The smallest absolute Gasteiger partial charge is 0.309 e. The van der Waals surface area contributed by atoms with Crippen LogP contribution in [0.2, 0.25) is 5.02 Å². The van der Waals surface area contributed by atoms with Gasteiger partial charge in [-0.25, -0.2) is 4.39 Å². The summed E-state index contributed by atoms with van der Waals surface area (Å²) in [7, 11) is 2.06. The number of halogens is 2. The minimum atomic E-state index is -0.717. The number of nitrogens with zero attached hydrogens (tertiary/aromatic N) is 2. The quantitative estimate of drug-likeness (QED) is 0.687. The van der Waals surface area contributed by atoms with Crippen molar-refractivity contribution in [3.63, 3.8) is 0 Å². The van der Waals surface area contributed by atoms with Crippen LogP contribution in [0.15, 0.2) is 48.5 Å². The minimum Gasteiger partial charge on any atom is -0.346 e. The van der Waals surface area contributed by atoms with Crippen molar-refractivity contribution >= 4 is 23.4 Å². The highest BCUT2D eigenvalue weighted by molar-refractivity contribution is 6.35. The zero-order valence-corrected chi connectivity index (χ0v) is 17.7. The minimum absolute atomic E-state index is 0.139. The molecule has 2 aromatic rings. The Labute approximate surface area is 181 Å². The summed E-state index contributed by atoms with van der Waals surface area (Å²) in [4.78, 5) is 29.0. The lowest BCUT2D eigenvalue weighted by Gasteiger charge is -2.38. The lowest BCUT2D eigenvalue weighted by molar-refractivity contribution is -0.139. The molecule has 8 heteroatoms. The zero-order chi connectivity index (χ0) is 21.5. The summed E-state index contributed by atoms with van der Waals surface area (Å²) < 4.78 is 13.4. The first-order chi connectivity index (χ1) is 14.4. The molecular weight excluding hydrogens is 407 g/mol. The van der Waals surface area contributed by atoms with Crippen molar-refractivity contribution in [1.29, 1.82) is 0 Å². The molecule has 1 heterocycles. The average Bonchev–Trinajstić information content (AvgIpc) is 2.75. The van der Waals surface area contributed by atoms with Gasteiger partial charge in [0, 0.05) is 44.3 Å². The van der Waals surface area contributed by atoms with Crippen LogP contribution in [0, 0.1) is 5.82 Å². The summed E-state index contributed by atoms with van der Waals surface area (Å²) >= 11 is 6.08. The Morgan fingerprint density at radius 3 is 2.30 bits per heavy atom.